The Kier molecular flexibility index (Phi) is 7.15. The maximum absolute atomic E-state index is 10.5. The maximum Gasteiger partial charge on any atom is 0.163 e. The van der Waals surface area contributed by atoms with Gasteiger partial charge in [-0.05, 0) is 30.6 Å². The van der Waals surface area contributed by atoms with E-state index in [0.29, 0.717) is 12.0 Å². The van der Waals surface area contributed by atoms with E-state index in [4.69, 9.17) is 9.47 Å². The first-order valence-corrected chi connectivity index (χ1v) is 8.56. The molecule has 21 heavy (non-hydrogen) atoms. The molecule has 126 valence electrons. The lowest BCUT2D eigenvalue weighted by atomic mass is 9.68. The highest BCUT2D eigenvalue weighted by atomic mass is 16.7. The summed E-state index contributed by atoms with van der Waals surface area (Å²) in [6.45, 7) is 13.3. The molecule has 1 fully saturated rings. The van der Waals surface area contributed by atoms with Crippen molar-refractivity contribution in [1.82, 2.24) is 0 Å². The zero-order chi connectivity index (χ0) is 16.1. The van der Waals surface area contributed by atoms with Crippen molar-refractivity contribution >= 4 is 0 Å². The molecule has 1 aliphatic rings. The zero-order valence-corrected chi connectivity index (χ0v) is 14.9. The topological polar surface area (TPSA) is 38.7 Å². The van der Waals surface area contributed by atoms with Gasteiger partial charge in [0.05, 0.1) is 6.10 Å². The van der Waals surface area contributed by atoms with E-state index >= 15 is 0 Å². The fraction of sp³-hybridized carbons (Fsp3) is 1.00. The van der Waals surface area contributed by atoms with Crippen LogP contribution in [-0.2, 0) is 9.47 Å². The van der Waals surface area contributed by atoms with Gasteiger partial charge in [0.25, 0.3) is 0 Å². The average molecular weight is 300 g/mol. The van der Waals surface area contributed by atoms with Crippen molar-refractivity contribution < 1.29 is 14.6 Å². The Morgan fingerprint density at radius 2 is 1.62 bits per heavy atom. The van der Waals surface area contributed by atoms with E-state index < -0.39 is 6.29 Å². The molecule has 0 bridgehead atoms. The van der Waals surface area contributed by atoms with Gasteiger partial charge in [-0.2, -0.15) is 0 Å². The average Bonchev–Trinajstić information content (AvgIpc) is 2.37. The Morgan fingerprint density at radius 1 is 1.05 bits per heavy atom. The minimum Gasteiger partial charge on any atom is -0.367 e. The van der Waals surface area contributed by atoms with E-state index in [0.717, 1.165) is 19.3 Å². The van der Waals surface area contributed by atoms with Crippen molar-refractivity contribution in [3.8, 4) is 0 Å². The van der Waals surface area contributed by atoms with Crippen LogP contribution < -0.4 is 0 Å². The van der Waals surface area contributed by atoms with Crippen LogP contribution in [0.1, 0.15) is 80.1 Å². The van der Waals surface area contributed by atoms with Crippen molar-refractivity contribution in [3.05, 3.63) is 0 Å². The van der Waals surface area contributed by atoms with Crippen molar-refractivity contribution in [2.45, 2.75) is 92.5 Å². The second kappa shape index (κ2) is 7.94. The van der Waals surface area contributed by atoms with Gasteiger partial charge in [0.15, 0.2) is 6.29 Å². The molecule has 3 nitrogen and oxygen atoms in total. The van der Waals surface area contributed by atoms with Gasteiger partial charge in [0.2, 0.25) is 0 Å². The van der Waals surface area contributed by atoms with Crippen molar-refractivity contribution in [2.24, 2.45) is 16.7 Å². The molecule has 1 saturated carbocycles. The van der Waals surface area contributed by atoms with Crippen molar-refractivity contribution in [2.75, 3.05) is 6.79 Å². The minimum absolute atomic E-state index is 0.160. The molecule has 1 aliphatic carbocycles. The van der Waals surface area contributed by atoms with Crippen molar-refractivity contribution in [3.63, 3.8) is 0 Å². The normalized spacial score (nSPS) is 22.3. The first-order chi connectivity index (χ1) is 9.65. The standard InChI is InChI=1S/C18H36O3/c1-14(2)18(6,12-17(3,4)5)16(19)21-13-20-15-10-8-7-9-11-15/h14-16,19H,7-13H2,1-6H3. The highest BCUT2D eigenvalue weighted by molar-refractivity contribution is 4.85. The Labute approximate surface area is 131 Å². The Bertz CT molecular complexity index is 289. The third kappa shape index (κ3) is 6.25. The van der Waals surface area contributed by atoms with Crippen LogP contribution >= 0.6 is 0 Å². The van der Waals surface area contributed by atoms with Gasteiger partial charge in [0.1, 0.15) is 6.79 Å². The first-order valence-electron chi connectivity index (χ1n) is 8.56. The summed E-state index contributed by atoms with van der Waals surface area (Å²) in [7, 11) is 0. The lowest BCUT2D eigenvalue weighted by Gasteiger charge is -2.42. The summed E-state index contributed by atoms with van der Waals surface area (Å²) < 4.78 is 11.4. The van der Waals surface area contributed by atoms with E-state index in [1.807, 2.05) is 0 Å². The van der Waals surface area contributed by atoms with Crippen LogP contribution in [0.4, 0.5) is 0 Å². The Balaban J connectivity index is 2.46. The number of aliphatic hydroxyl groups is 1. The van der Waals surface area contributed by atoms with E-state index in [9.17, 15) is 5.11 Å². The maximum atomic E-state index is 10.5. The van der Waals surface area contributed by atoms with Crippen LogP contribution in [0, 0.1) is 16.7 Å². The summed E-state index contributed by atoms with van der Waals surface area (Å²) >= 11 is 0. The van der Waals surface area contributed by atoms with E-state index in [-0.39, 0.29) is 17.6 Å². The molecular weight excluding hydrogens is 264 g/mol. The highest BCUT2D eigenvalue weighted by Gasteiger charge is 2.40. The van der Waals surface area contributed by atoms with E-state index in [1.54, 1.807) is 0 Å². The van der Waals surface area contributed by atoms with Crippen LogP contribution in [0.3, 0.4) is 0 Å². The van der Waals surface area contributed by atoms with Crippen LogP contribution in [0.2, 0.25) is 0 Å². The number of hydrogen-bond acceptors (Lipinski definition) is 3. The van der Waals surface area contributed by atoms with E-state index in [1.165, 1.54) is 19.3 Å². The molecule has 1 N–H and O–H groups in total. The molecule has 0 aromatic carbocycles. The Morgan fingerprint density at radius 3 is 2.10 bits per heavy atom. The van der Waals surface area contributed by atoms with Gasteiger partial charge in [-0.1, -0.05) is 60.8 Å². The van der Waals surface area contributed by atoms with Crippen LogP contribution in [0.25, 0.3) is 0 Å². The van der Waals surface area contributed by atoms with Gasteiger partial charge in [-0.25, -0.2) is 0 Å². The molecular formula is C18H36O3. The van der Waals surface area contributed by atoms with Gasteiger partial charge in [0, 0.05) is 5.41 Å². The summed E-state index contributed by atoms with van der Waals surface area (Å²) in [6, 6.07) is 0. The smallest absolute Gasteiger partial charge is 0.163 e. The lowest BCUT2D eigenvalue weighted by Crippen LogP contribution is -2.42. The molecule has 0 spiro atoms. The van der Waals surface area contributed by atoms with Gasteiger partial charge in [-0.3, -0.25) is 0 Å². The fourth-order valence-electron chi connectivity index (χ4n) is 3.34. The molecule has 0 heterocycles. The molecule has 2 atom stereocenters. The van der Waals surface area contributed by atoms with Crippen molar-refractivity contribution in [1.29, 1.82) is 0 Å². The molecule has 0 radical (unpaired) electrons. The largest absolute Gasteiger partial charge is 0.367 e. The molecule has 2 unspecified atom stereocenters. The number of ether oxygens (including phenoxy) is 2. The summed E-state index contributed by atoms with van der Waals surface area (Å²) in [5.74, 6) is 0.349. The molecule has 3 heteroatoms. The van der Waals surface area contributed by atoms with Crippen LogP contribution in [0.15, 0.2) is 0 Å². The quantitative estimate of drug-likeness (QED) is 0.691. The van der Waals surface area contributed by atoms with Crippen LogP contribution in [0.5, 0.6) is 0 Å². The summed E-state index contributed by atoms with van der Waals surface area (Å²) in [5, 5.41) is 10.5. The second-order valence-electron chi connectivity index (χ2n) is 8.46. The number of aliphatic hydroxyl groups excluding tert-OH is 1. The minimum atomic E-state index is -0.777. The predicted molar refractivity (Wildman–Crippen MR) is 86.9 cm³/mol. The van der Waals surface area contributed by atoms with Gasteiger partial charge in [-0.15, -0.1) is 0 Å². The number of hydrogen-bond donors (Lipinski definition) is 1. The van der Waals surface area contributed by atoms with Crippen LogP contribution in [-0.4, -0.2) is 24.3 Å². The molecule has 1 rings (SSSR count). The van der Waals surface area contributed by atoms with E-state index in [2.05, 4.69) is 41.5 Å². The lowest BCUT2D eigenvalue weighted by molar-refractivity contribution is -0.242. The highest BCUT2D eigenvalue weighted by Crippen LogP contribution is 2.42. The van der Waals surface area contributed by atoms with Gasteiger partial charge < -0.3 is 14.6 Å². The monoisotopic (exact) mass is 300 g/mol. The summed E-state index contributed by atoms with van der Waals surface area (Å²) in [5.41, 5.74) is -0.0955. The van der Waals surface area contributed by atoms with Gasteiger partial charge >= 0.3 is 0 Å². The Hall–Kier alpha value is -0.120. The SMILES string of the molecule is CC(C)C(C)(CC(C)(C)C)C(O)OCOC1CCCCC1. The third-order valence-electron chi connectivity index (χ3n) is 4.88. The molecule has 0 aromatic heterocycles. The third-order valence-corrected chi connectivity index (χ3v) is 4.88. The number of rotatable bonds is 7. The molecule has 0 aliphatic heterocycles. The molecule has 0 amide bonds. The summed E-state index contributed by atoms with van der Waals surface area (Å²) in [6.07, 6.45) is 6.54. The fourth-order valence-corrected chi connectivity index (χ4v) is 3.34. The first kappa shape index (κ1) is 18.9. The predicted octanol–water partition coefficient (Wildman–Crippen LogP) is 4.73. The summed E-state index contributed by atoms with van der Waals surface area (Å²) in [4.78, 5) is 0. The molecule has 0 aromatic rings. The zero-order valence-electron chi connectivity index (χ0n) is 14.9. The molecule has 0 saturated heterocycles. The second-order valence-corrected chi connectivity index (χ2v) is 8.46.